The average Bonchev–Trinajstić information content (AvgIpc) is 3.44. The van der Waals surface area contributed by atoms with Gasteiger partial charge in [0.25, 0.3) is 0 Å². The molecule has 42 heavy (non-hydrogen) atoms. The fourth-order valence-electron chi connectivity index (χ4n) is 4.95. The summed E-state index contributed by atoms with van der Waals surface area (Å²) in [6, 6.07) is 4.36. The van der Waals surface area contributed by atoms with Crippen molar-refractivity contribution in [3.05, 3.63) is 35.9 Å². The van der Waals surface area contributed by atoms with E-state index in [1.807, 2.05) is 44.2 Å². The minimum Gasteiger partial charge on any atom is -0.480 e. The molecule has 0 saturated carbocycles. The Labute approximate surface area is 248 Å². The van der Waals surface area contributed by atoms with E-state index in [2.05, 4.69) is 16.0 Å². The maximum absolute atomic E-state index is 13.7. The van der Waals surface area contributed by atoms with Gasteiger partial charge in [-0.1, -0.05) is 58.0 Å². The van der Waals surface area contributed by atoms with Crippen LogP contribution in [0.2, 0.25) is 0 Å². The van der Waals surface area contributed by atoms with Gasteiger partial charge in [-0.3, -0.25) is 19.2 Å². The third-order valence-corrected chi connectivity index (χ3v) is 7.41. The van der Waals surface area contributed by atoms with Crippen LogP contribution in [0.1, 0.15) is 65.4 Å². The second-order valence-electron chi connectivity index (χ2n) is 11.7. The molecular formula is C30H48N6O6. The van der Waals surface area contributed by atoms with Crippen LogP contribution in [-0.2, 0) is 30.4 Å². The summed E-state index contributed by atoms with van der Waals surface area (Å²) in [4.78, 5) is 66.4. The minimum absolute atomic E-state index is 0.00532. The van der Waals surface area contributed by atoms with Crippen molar-refractivity contribution in [3.8, 4) is 0 Å². The first-order chi connectivity index (χ1) is 19.8. The molecule has 5 atom stereocenters. The molecule has 0 unspecified atom stereocenters. The van der Waals surface area contributed by atoms with Crippen LogP contribution in [0.5, 0.6) is 0 Å². The number of rotatable bonds is 16. The lowest BCUT2D eigenvalue weighted by Crippen LogP contribution is -2.59. The molecule has 0 bridgehead atoms. The Hall–Kier alpha value is -3.51. The molecule has 1 aromatic carbocycles. The highest BCUT2D eigenvalue weighted by atomic mass is 16.4. The SMILES string of the molecule is CC(C)C[C@H](NC(=O)[C@H](CCCN)NC(=O)[C@@H](N)C(C)C)C(=O)N[C@H](Cc1ccccc1)C(=O)N1CCC[C@H]1C(=O)O. The Morgan fingerprint density at radius 1 is 0.929 bits per heavy atom. The number of carboxylic acids is 1. The lowest BCUT2D eigenvalue weighted by atomic mass is 9.99. The molecule has 0 aromatic heterocycles. The topological polar surface area (TPSA) is 197 Å². The maximum Gasteiger partial charge on any atom is 0.326 e. The van der Waals surface area contributed by atoms with Gasteiger partial charge in [-0.05, 0) is 56.0 Å². The van der Waals surface area contributed by atoms with Crippen molar-refractivity contribution in [1.82, 2.24) is 20.9 Å². The molecule has 2 rings (SSSR count). The van der Waals surface area contributed by atoms with Crippen LogP contribution in [0.3, 0.4) is 0 Å². The highest BCUT2D eigenvalue weighted by molar-refractivity contribution is 5.95. The normalized spacial score (nSPS) is 17.8. The highest BCUT2D eigenvalue weighted by Crippen LogP contribution is 2.20. The molecule has 12 heteroatoms. The van der Waals surface area contributed by atoms with E-state index in [0.717, 1.165) is 5.56 Å². The van der Waals surface area contributed by atoms with Crippen LogP contribution >= 0.6 is 0 Å². The average molecular weight is 589 g/mol. The summed E-state index contributed by atoms with van der Waals surface area (Å²) >= 11 is 0. The van der Waals surface area contributed by atoms with Crippen molar-refractivity contribution in [2.24, 2.45) is 23.3 Å². The van der Waals surface area contributed by atoms with E-state index >= 15 is 0 Å². The summed E-state index contributed by atoms with van der Waals surface area (Å²) in [5, 5.41) is 17.9. The number of likely N-dealkylation sites (tertiary alicyclic amines) is 1. The van der Waals surface area contributed by atoms with Gasteiger partial charge in [-0.15, -0.1) is 0 Å². The summed E-state index contributed by atoms with van der Waals surface area (Å²) in [6.45, 7) is 7.99. The van der Waals surface area contributed by atoms with Gasteiger partial charge in [0.05, 0.1) is 6.04 Å². The number of hydrogen-bond donors (Lipinski definition) is 6. The highest BCUT2D eigenvalue weighted by Gasteiger charge is 2.38. The molecule has 4 amide bonds. The fourth-order valence-corrected chi connectivity index (χ4v) is 4.95. The molecule has 0 spiro atoms. The quantitative estimate of drug-likeness (QED) is 0.161. The summed E-state index contributed by atoms with van der Waals surface area (Å²) in [5.41, 5.74) is 12.4. The van der Waals surface area contributed by atoms with Gasteiger partial charge < -0.3 is 37.4 Å². The summed E-state index contributed by atoms with van der Waals surface area (Å²) in [7, 11) is 0. The molecule has 8 N–H and O–H groups in total. The van der Waals surface area contributed by atoms with E-state index in [1.54, 1.807) is 13.8 Å². The van der Waals surface area contributed by atoms with E-state index in [0.29, 0.717) is 25.8 Å². The molecule has 1 aliphatic rings. The van der Waals surface area contributed by atoms with Crippen molar-refractivity contribution in [1.29, 1.82) is 0 Å². The van der Waals surface area contributed by atoms with Crippen LogP contribution in [0.25, 0.3) is 0 Å². The van der Waals surface area contributed by atoms with Crippen molar-refractivity contribution in [2.45, 2.75) is 96.4 Å². The third kappa shape index (κ3) is 10.4. The van der Waals surface area contributed by atoms with Crippen LogP contribution in [0.4, 0.5) is 0 Å². The number of aliphatic carboxylic acids is 1. The molecule has 0 radical (unpaired) electrons. The zero-order valence-electron chi connectivity index (χ0n) is 25.2. The van der Waals surface area contributed by atoms with E-state index < -0.39 is 59.8 Å². The summed E-state index contributed by atoms with van der Waals surface area (Å²) in [5.74, 6) is -3.30. The molecule has 1 saturated heterocycles. The van der Waals surface area contributed by atoms with Crippen LogP contribution in [0, 0.1) is 11.8 Å². The molecule has 12 nitrogen and oxygen atoms in total. The number of carbonyl (C=O) groups is 5. The summed E-state index contributed by atoms with van der Waals surface area (Å²) < 4.78 is 0. The van der Waals surface area contributed by atoms with Gasteiger partial charge in [-0.2, -0.15) is 0 Å². The van der Waals surface area contributed by atoms with E-state index in [1.165, 1.54) is 4.90 Å². The fraction of sp³-hybridized carbons (Fsp3) is 0.633. The Morgan fingerprint density at radius 3 is 2.10 bits per heavy atom. The number of hydrogen-bond acceptors (Lipinski definition) is 7. The van der Waals surface area contributed by atoms with Crippen molar-refractivity contribution >= 4 is 29.6 Å². The predicted molar refractivity (Wildman–Crippen MR) is 159 cm³/mol. The molecule has 1 aliphatic heterocycles. The van der Waals surface area contributed by atoms with Crippen molar-refractivity contribution in [2.75, 3.05) is 13.1 Å². The molecule has 1 heterocycles. The van der Waals surface area contributed by atoms with Crippen LogP contribution in [0.15, 0.2) is 30.3 Å². The van der Waals surface area contributed by atoms with Gasteiger partial charge >= 0.3 is 5.97 Å². The van der Waals surface area contributed by atoms with E-state index in [9.17, 15) is 29.1 Å². The minimum atomic E-state index is -1.08. The maximum atomic E-state index is 13.7. The van der Waals surface area contributed by atoms with E-state index in [-0.39, 0.29) is 37.6 Å². The molecular weight excluding hydrogens is 540 g/mol. The summed E-state index contributed by atoms with van der Waals surface area (Å²) in [6.07, 6.45) is 2.04. The number of carbonyl (C=O) groups excluding carboxylic acids is 4. The number of carboxylic acid groups (broad SMARTS) is 1. The lowest BCUT2D eigenvalue weighted by Gasteiger charge is -2.30. The smallest absolute Gasteiger partial charge is 0.326 e. The molecule has 0 aliphatic carbocycles. The van der Waals surface area contributed by atoms with Gasteiger partial charge in [-0.25, -0.2) is 4.79 Å². The Kier molecular flexibility index (Phi) is 13.9. The van der Waals surface area contributed by atoms with Gasteiger partial charge in [0, 0.05) is 13.0 Å². The van der Waals surface area contributed by atoms with Crippen molar-refractivity contribution in [3.63, 3.8) is 0 Å². The number of nitrogens with two attached hydrogens (primary N) is 2. The molecule has 234 valence electrons. The standard InChI is InChI=1S/C30H48N6O6/c1-18(2)16-22(34-26(37)21(12-8-14-31)33-28(39)25(32)19(3)4)27(38)35-23(17-20-10-6-5-7-11-20)29(40)36-15-9-13-24(36)30(41)42/h5-7,10-11,18-19,21-25H,8-9,12-17,31-32H2,1-4H3,(H,33,39)(H,34,37)(H,35,38)(H,41,42)/t21-,22-,23+,24-,25-/m0/s1. The number of benzene rings is 1. The Balaban J connectivity index is 2.28. The second kappa shape index (κ2) is 16.8. The lowest BCUT2D eigenvalue weighted by molar-refractivity contribution is -0.149. The van der Waals surface area contributed by atoms with Gasteiger partial charge in [0.15, 0.2) is 0 Å². The monoisotopic (exact) mass is 588 g/mol. The molecule has 1 aromatic rings. The predicted octanol–water partition coefficient (Wildman–Crippen LogP) is 0.527. The third-order valence-electron chi connectivity index (χ3n) is 7.41. The second-order valence-corrected chi connectivity index (χ2v) is 11.7. The van der Waals surface area contributed by atoms with Crippen LogP contribution in [-0.4, -0.2) is 82.9 Å². The number of amides is 4. The van der Waals surface area contributed by atoms with Crippen LogP contribution < -0.4 is 27.4 Å². The first-order valence-corrected chi connectivity index (χ1v) is 14.8. The largest absolute Gasteiger partial charge is 0.480 e. The Morgan fingerprint density at radius 2 is 1.52 bits per heavy atom. The first kappa shape index (κ1) is 34.7. The van der Waals surface area contributed by atoms with Gasteiger partial charge in [0.1, 0.15) is 24.2 Å². The Bertz CT molecular complexity index is 1070. The van der Waals surface area contributed by atoms with E-state index in [4.69, 9.17) is 11.5 Å². The first-order valence-electron chi connectivity index (χ1n) is 14.8. The number of nitrogens with one attached hydrogen (secondary N) is 3. The van der Waals surface area contributed by atoms with Gasteiger partial charge in [0.2, 0.25) is 23.6 Å². The molecule has 1 fully saturated rings. The van der Waals surface area contributed by atoms with Crippen molar-refractivity contribution < 1.29 is 29.1 Å². The zero-order valence-corrected chi connectivity index (χ0v) is 25.2. The number of nitrogens with zero attached hydrogens (tertiary/aromatic N) is 1. The zero-order chi connectivity index (χ0) is 31.4.